The maximum atomic E-state index is 14.6. The van der Waals surface area contributed by atoms with Crippen LogP contribution in [0.2, 0.25) is 0 Å². The van der Waals surface area contributed by atoms with Crippen LogP contribution in [0.4, 0.5) is 36.4 Å². The number of piperidine rings is 2. The predicted octanol–water partition coefficient (Wildman–Crippen LogP) is 9.48. The molecule has 6 N–H and O–H groups in total. The molecule has 8 rings (SSSR count). The Balaban J connectivity index is 0.000000231. The Kier molecular flexibility index (Phi) is 20.7. The van der Waals surface area contributed by atoms with Crippen molar-refractivity contribution in [2.45, 2.75) is 75.7 Å². The average molecular weight is 1350 g/mol. The van der Waals surface area contributed by atoms with Crippen molar-refractivity contribution in [3.8, 4) is 0 Å². The number of aliphatic hydroxyl groups is 2. The maximum Gasteiger partial charge on any atom is 0.257 e. The number of nitrogens with one attached hydrogen (secondary N) is 2. The highest BCUT2D eigenvalue weighted by molar-refractivity contribution is 15.0. The summed E-state index contributed by atoms with van der Waals surface area (Å²) in [6.07, 6.45) is 5.54. The summed E-state index contributed by atoms with van der Waals surface area (Å²) in [5.74, 6) is -8.82. The zero-order chi connectivity index (χ0) is 46.2. The molecule has 0 radical (unpaired) electrons. The third-order valence-electron chi connectivity index (χ3n) is 11.4. The first-order valence-electron chi connectivity index (χ1n) is 19.8. The number of benzene rings is 4. The molecule has 4 saturated heterocycles. The number of hydrogen-bond acceptors (Lipinski definition) is 7. The second kappa shape index (κ2) is 24.3. The van der Waals surface area contributed by atoms with Gasteiger partial charge in [0.1, 0.15) is 22.8 Å². The van der Waals surface area contributed by atoms with Gasteiger partial charge in [0.25, 0.3) is 11.8 Å². The Morgan fingerprint density at radius 2 is 1.08 bits per heavy atom. The minimum Gasteiger partial charge on any atom is -0.396 e. The molecule has 0 aromatic heterocycles. The largest absolute Gasteiger partial charge is 0.396 e. The molecule has 4 heterocycles. The van der Waals surface area contributed by atoms with Gasteiger partial charge in [-0.3, -0.25) is 9.59 Å². The molecule has 4 aliphatic rings. The molecule has 350 valence electrons. The number of anilines is 1. The summed E-state index contributed by atoms with van der Waals surface area (Å²) in [5.41, 5.74) is 2.84. The van der Waals surface area contributed by atoms with Crippen LogP contribution in [0.5, 0.6) is 0 Å². The Labute approximate surface area is 418 Å². The molecule has 64 heavy (non-hydrogen) atoms. The molecule has 2 atom stereocenters. The summed E-state index contributed by atoms with van der Waals surface area (Å²) in [7, 11) is 0. The topological polar surface area (TPSA) is 131 Å². The fourth-order valence-electron chi connectivity index (χ4n) is 7.93. The van der Waals surface area contributed by atoms with Gasteiger partial charge in [0, 0.05) is 74.0 Å². The van der Waals surface area contributed by atoms with E-state index in [0.29, 0.717) is 3.57 Å². The highest BCUT2D eigenvalue weighted by atomic mass is 128. The molecule has 0 saturated carbocycles. The van der Waals surface area contributed by atoms with Crippen molar-refractivity contribution >= 4 is 99.9 Å². The fraction of sp³-hybridized carbons (Fsp3) is 0.409. The van der Waals surface area contributed by atoms with E-state index in [4.69, 9.17) is 5.73 Å². The fourth-order valence-corrected chi connectivity index (χ4v) is 8.84. The molecule has 4 fully saturated rings. The van der Waals surface area contributed by atoms with E-state index < -0.39 is 63.5 Å². The van der Waals surface area contributed by atoms with Crippen molar-refractivity contribution in [2.75, 3.05) is 45.0 Å². The summed E-state index contributed by atoms with van der Waals surface area (Å²) in [5, 5.41) is 27.8. The monoisotopic (exact) mass is 1350 g/mol. The normalized spacial score (nSPS) is 19.4. The highest BCUT2D eigenvalue weighted by Gasteiger charge is 2.51. The van der Waals surface area contributed by atoms with Gasteiger partial charge in [-0.2, -0.15) is 0 Å². The second-order valence-electron chi connectivity index (χ2n) is 15.7. The first-order valence-corrected chi connectivity index (χ1v) is 28.2. The van der Waals surface area contributed by atoms with Crippen LogP contribution in [0.1, 0.15) is 77.8 Å². The van der Waals surface area contributed by atoms with Gasteiger partial charge in [-0.05, 0) is 144 Å². The third-order valence-corrected chi connectivity index (χ3v) is 12.7. The molecule has 4 aliphatic heterocycles. The molecule has 2 amide bonds. The number of rotatable bonds is 6. The second-order valence-corrected chi connectivity index (χ2v) is 18.2. The van der Waals surface area contributed by atoms with Crippen molar-refractivity contribution in [1.82, 2.24) is 20.4 Å². The van der Waals surface area contributed by atoms with Crippen LogP contribution < -0.4 is 16.4 Å². The van der Waals surface area contributed by atoms with Gasteiger partial charge < -0.3 is 36.4 Å². The van der Waals surface area contributed by atoms with E-state index in [0.717, 1.165) is 73.4 Å². The number of hydrogen-bond donors (Lipinski definition) is 5. The molecule has 4 aromatic carbocycles. The van der Waals surface area contributed by atoms with Crippen molar-refractivity contribution in [3.05, 3.63) is 131 Å². The van der Waals surface area contributed by atoms with Crippen molar-refractivity contribution < 1.29 is 50.5 Å². The number of nitrogens with zero attached hydrogens (tertiary/aromatic N) is 2. The first-order chi connectivity index (χ1) is 29.9. The Morgan fingerprint density at radius 3 is 1.53 bits per heavy atom. The predicted molar refractivity (Wildman–Crippen MR) is 266 cm³/mol. The summed E-state index contributed by atoms with van der Waals surface area (Å²) in [4.78, 5) is 27.8. The standard InChI is InChI=1S/C22H22F3IN2O2.C15H17F3N2O2.C6H5FIN.CH4.I2/c23-17-7-6-15(16(20(17)25)9-13-4-5-14(26)10-18(13)24)21(29)28-11-22(30,12-28)19-3-1-2-8-27-19;16-10-5-4-9(12(17)13(10)18)14(21)20-7-15(22,8-20)11-3-1-2-6-19-11;7-5-3-4(8)1-2-6(5)9;;1-2/h4-7,10,19,27,30H,1-3,8-9,11-12H2;4-5,11,19,22H,1-3,6-8H2;1-3H,9H2;1H4;/t19-;11-;;;/m00.../s1. The van der Waals surface area contributed by atoms with E-state index in [2.05, 4.69) is 47.9 Å². The summed E-state index contributed by atoms with van der Waals surface area (Å²) < 4.78 is 96.5. The quantitative estimate of drug-likeness (QED) is 0.0563. The van der Waals surface area contributed by atoms with Crippen LogP contribution in [-0.4, -0.2) is 94.4 Å². The van der Waals surface area contributed by atoms with Gasteiger partial charge in [0.05, 0.1) is 37.4 Å². The molecule has 4 aromatic rings. The zero-order valence-corrected chi connectivity index (χ0v) is 42.1. The van der Waals surface area contributed by atoms with E-state index in [-0.39, 0.29) is 80.3 Å². The lowest BCUT2D eigenvalue weighted by atomic mass is 9.81. The Bertz CT molecular complexity index is 2260. The molecule has 0 unspecified atom stereocenters. The molecule has 0 bridgehead atoms. The van der Waals surface area contributed by atoms with Gasteiger partial charge in [-0.1, -0.05) is 26.3 Å². The SMILES string of the molecule is C.II.Nc1ccc(I)cc1F.O=C(c1ccc(F)c(F)c1Cc1ccc(I)cc1F)N1CC(O)([C@@H]2CCCCN2)C1.O=C(c1ccc(F)c(F)c1F)N1CC(O)([C@@H]2CCCCN2)C1. The van der Waals surface area contributed by atoms with E-state index in [1.54, 1.807) is 18.2 Å². The minimum atomic E-state index is -1.66. The zero-order valence-electron chi connectivity index (χ0n) is 33.5. The van der Waals surface area contributed by atoms with Crippen LogP contribution in [0, 0.1) is 47.9 Å². The van der Waals surface area contributed by atoms with Gasteiger partial charge in [0.2, 0.25) is 0 Å². The number of halogens is 11. The van der Waals surface area contributed by atoms with E-state index in [1.165, 1.54) is 34.1 Å². The van der Waals surface area contributed by atoms with E-state index in [1.807, 2.05) is 45.2 Å². The summed E-state index contributed by atoms with van der Waals surface area (Å²) in [6, 6.07) is 12.8. The van der Waals surface area contributed by atoms with Crippen LogP contribution in [-0.2, 0) is 6.42 Å². The number of likely N-dealkylation sites (tertiary alicyclic amines) is 2. The van der Waals surface area contributed by atoms with Crippen molar-refractivity contribution in [2.24, 2.45) is 0 Å². The summed E-state index contributed by atoms with van der Waals surface area (Å²) >= 11 is 8.23. The molecule has 0 aliphatic carbocycles. The number of carbonyl (C=O) groups is 2. The van der Waals surface area contributed by atoms with Gasteiger partial charge >= 0.3 is 0 Å². The van der Waals surface area contributed by atoms with Gasteiger partial charge in [0.15, 0.2) is 29.1 Å². The van der Waals surface area contributed by atoms with Crippen molar-refractivity contribution in [3.63, 3.8) is 0 Å². The lowest BCUT2D eigenvalue weighted by molar-refractivity contribution is -0.108. The number of nitrogen functional groups attached to an aromatic ring is 1. The number of amides is 2. The number of β-amino-alcohol motifs (C(OH)–C–C–N with tert-alkyl or cyclic N) is 2. The Morgan fingerprint density at radius 1 is 0.625 bits per heavy atom. The number of carbonyl (C=O) groups excluding carboxylic acids is 2. The molecular formula is C44H48F7I4N5O4. The molecular weight excluding hydrogens is 1300 g/mol. The van der Waals surface area contributed by atoms with Crippen LogP contribution in [0.3, 0.4) is 0 Å². The lowest BCUT2D eigenvalue weighted by Gasteiger charge is -2.51. The van der Waals surface area contributed by atoms with Crippen LogP contribution >= 0.6 is 82.4 Å². The smallest absolute Gasteiger partial charge is 0.257 e. The van der Waals surface area contributed by atoms with E-state index in [9.17, 15) is 50.5 Å². The molecule has 9 nitrogen and oxygen atoms in total. The minimum absolute atomic E-state index is 0. The average Bonchev–Trinajstić information content (AvgIpc) is 3.26. The van der Waals surface area contributed by atoms with Crippen LogP contribution in [0.25, 0.3) is 0 Å². The number of nitrogens with two attached hydrogens (primary N) is 1. The van der Waals surface area contributed by atoms with E-state index >= 15 is 0 Å². The van der Waals surface area contributed by atoms with Gasteiger partial charge in [-0.15, -0.1) is 0 Å². The van der Waals surface area contributed by atoms with Crippen LogP contribution in [0.15, 0.2) is 60.7 Å². The maximum absolute atomic E-state index is 14.6. The van der Waals surface area contributed by atoms with Gasteiger partial charge in [-0.25, -0.2) is 30.7 Å². The van der Waals surface area contributed by atoms with Crippen molar-refractivity contribution in [1.29, 1.82) is 0 Å². The lowest BCUT2D eigenvalue weighted by Crippen LogP contribution is -2.72. The third kappa shape index (κ3) is 13.1. The Hall–Kier alpha value is -2.11. The first kappa shape index (κ1) is 54.5. The highest BCUT2D eigenvalue weighted by Crippen LogP contribution is 2.33. The molecule has 0 spiro atoms. The molecule has 20 heteroatoms. The summed E-state index contributed by atoms with van der Waals surface area (Å²) in [6.45, 7) is 2.01.